The molecule has 8 nitrogen and oxygen atoms in total. The number of esters is 1. The number of carbonyl (C=O) groups is 1. The molecule has 1 heterocycles. The van der Waals surface area contributed by atoms with Gasteiger partial charge in [0.25, 0.3) is 0 Å². The molecule has 0 spiro atoms. The largest absolute Gasteiger partial charge is 0.496 e. The first-order valence-electron chi connectivity index (χ1n) is 8.29. The second kappa shape index (κ2) is 8.60. The van der Waals surface area contributed by atoms with E-state index in [1.807, 2.05) is 24.3 Å². The Balaban J connectivity index is 1.74. The number of nitrogens with two attached hydrogens (primary N) is 1. The molecule has 0 saturated carbocycles. The Morgan fingerprint density at radius 1 is 1.10 bits per heavy atom. The number of rotatable bonds is 7. The molecule has 1 aromatic heterocycles. The smallest absolute Gasteiger partial charge is 0.338 e. The number of aromatic nitrogens is 1. The van der Waals surface area contributed by atoms with Crippen molar-refractivity contribution in [3.63, 3.8) is 0 Å². The Morgan fingerprint density at radius 2 is 1.83 bits per heavy atom. The summed E-state index contributed by atoms with van der Waals surface area (Å²) in [5, 5.41) is 7.68. The Bertz CT molecular complexity index is 1140. The molecule has 2 aromatic carbocycles. The maximum atomic E-state index is 12.3. The number of benzene rings is 2. The minimum Gasteiger partial charge on any atom is -0.496 e. The van der Waals surface area contributed by atoms with Crippen LogP contribution >= 0.6 is 11.3 Å². The highest BCUT2D eigenvalue weighted by atomic mass is 32.2. The van der Waals surface area contributed by atoms with Crippen molar-refractivity contribution in [2.24, 2.45) is 5.14 Å². The van der Waals surface area contributed by atoms with Gasteiger partial charge in [-0.1, -0.05) is 12.1 Å². The van der Waals surface area contributed by atoms with Crippen molar-refractivity contribution in [2.45, 2.75) is 11.5 Å². The molecule has 3 rings (SSSR count). The molecule has 10 heteroatoms. The summed E-state index contributed by atoms with van der Waals surface area (Å²) in [6, 6.07) is 11.3. The third-order valence-electron chi connectivity index (χ3n) is 3.95. The lowest BCUT2D eigenvalue weighted by Gasteiger charge is -2.09. The number of para-hydroxylation sites is 1. The average molecular weight is 434 g/mol. The van der Waals surface area contributed by atoms with Crippen LogP contribution < -0.4 is 14.6 Å². The van der Waals surface area contributed by atoms with Crippen LogP contribution in [-0.4, -0.2) is 33.6 Å². The van der Waals surface area contributed by atoms with Crippen LogP contribution in [0.4, 0.5) is 0 Å². The zero-order valence-electron chi connectivity index (χ0n) is 15.6. The van der Waals surface area contributed by atoms with Crippen LogP contribution in [0, 0.1) is 0 Å². The fraction of sp³-hybridized carbons (Fsp3) is 0.158. The summed E-state index contributed by atoms with van der Waals surface area (Å²) >= 11 is 1.40. The van der Waals surface area contributed by atoms with Crippen LogP contribution in [0.3, 0.4) is 0 Å². The molecule has 0 saturated heterocycles. The topological polar surface area (TPSA) is 118 Å². The molecule has 0 aliphatic heterocycles. The Labute approximate surface area is 171 Å². The first-order valence-corrected chi connectivity index (χ1v) is 10.7. The monoisotopic (exact) mass is 434 g/mol. The van der Waals surface area contributed by atoms with Gasteiger partial charge in [-0.2, -0.15) is 0 Å². The van der Waals surface area contributed by atoms with Crippen molar-refractivity contribution >= 4 is 27.3 Å². The lowest BCUT2D eigenvalue weighted by Crippen LogP contribution is -2.15. The summed E-state index contributed by atoms with van der Waals surface area (Å²) in [6.07, 6.45) is 0. The van der Waals surface area contributed by atoms with Crippen LogP contribution in [-0.2, 0) is 21.4 Å². The molecule has 152 valence electrons. The van der Waals surface area contributed by atoms with Gasteiger partial charge in [0, 0.05) is 5.38 Å². The number of carbonyl (C=O) groups excluding carboxylic acids is 1. The van der Waals surface area contributed by atoms with Crippen molar-refractivity contribution in [1.82, 2.24) is 4.98 Å². The van der Waals surface area contributed by atoms with Gasteiger partial charge < -0.3 is 14.2 Å². The summed E-state index contributed by atoms with van der Waals surface area (Å²) in [5.74, 6) is 0.0357. The van der Waals surface area contributed by atoms with Crippen LogP contribution in [0.1, 0.15) is 16.1 Å². The molecule has 3 aromatic rings. The Hall–Kier alpha value is -2.95. The van der Waals surface area contributed by atoms with Gasteiger partial charge in [0.15, 0.2) is 0 Å². The first kappa shape index (κ1) is 20.8. The number of ether oxygens (including phenoxy) is 3. The molecule has 0 amide bonds. The van der Waals surface area contributed by atoms with Gasteiger partial charge in [0.2, 0.25) is 10.0 Å². The van der Waals surface area contributed by atoms with Crippen molar-refractivity contribution in [3.8, 4) is 22.1 Å². The number of hydrogen-bond donors (Lipinski definition) is 1. The van der Waals surface area contributed by atoms with E-state index in [-0.39, 0.29) is 22.8 Å². The van der Waals surface area contributed by atoms with Crippen molar-refractivity contribution < 1.29 is 27.4 Å². The minimum atomic E-state index is -4.06. The van der Waals surface area contributed by atoms with E-state index < -0.39 is 16.0 Å². The predicted octanol–water partition coefficient (Wildman–Crippen LogP) is 2.83. The number of primary sulfonamides is 1. The van der Waals surface area contributed by atoms with Crippen molar-refractivity contribution in [1.29, 1.82) is 0 Å². The molecular weight excluding hydrogens is 416 g/mol. The second-order valence-electron chi connectivity index (χ2n) is 5.83. The van der Waals surface area contributed by atoms with E-state index in [9.17, 15) is 13.2 Å². The Kier molecular flexibility index (Phi) is 6.16. The molecule has 0 radical (unpaired) electrons. The highest BCUT2D eigenvalue weighted by Gasteiger charge is 2.19. The van der Waals surface area contributed by atoms with Gasteiger partial charge in [0.05, 0.1) is 31.0 Å². The summed E-state index contributed by atoms with van der Waals surface area (Å²) < 4.78 is 38.9. The van der Waals surface area contributed by atoms with Crippen LogP contribution in [0.5, 0.6) is 11.5 Å². The van der Waals surface area contributed by atoms with E-state index in [4.69, 9.17) is 19.3 Å². The molecule has 0 fully saturated rings. The van der Waals surface area contributed by atoms with Crippen LogP contribution in [0.25, 0.3) is 10.6 Å². The van der Waals surface area contributed by atoms with E-state index in [1.165, 1.54) is 30.6 Å². The van der Waals surface area contributed by atoms with Gasteiger partial charge in [-0.05, 0) is 30.3 Å². The molecule has 0 atom stereocenters. The lowest BCUT2D eigenvalue weighted by atomic mass is 10.2. The van der Waals surface area contributed by atoms with E-state index in [0.29, 0.717) is 11.4 Å². The third kappa shape index (κ3) is 4.73. The Morgan fingerprint density at radius 3 is 2.52 bits per heavy atom. The summed E-state index contributed by atoms with van der Waals surface area (Å²) in [4.78, 5) is 16.5. The minimum absolute atomic E-state index is 0.0370. The fourth-order valence-electron chi connectivity index (χ4n) is 2.57. The predicted molar refractivity (Wildman–Crippen MR) is 108 cm³/mol. The van der Waals surface area contributed by atoms with Gasteiger partial charge in [0.1, 0.15) is 28.0 Å². The lowest BCUT2D eigenvalue weighted by molar-refractivity contribution is 0.0468. The quantitative estimate of drug-likeness (QED) is 0.568. The molecular formula is C19H18N2O6S2. The number of methoxy groups -OCH3 is 2. The maximum Gasteiger partial charge on any atom is 0.338 e. The van der Waals surface area contributed by atoms with E-state index in [0.717, 1.165) is 16.6 Å². The van der Waals surface area contributed by atoms with Crippen LogP contribution in [0.2, 0.25) is 0 Å². The maximum absolute atomic E-state index is 12.3. The fourth-order valence-corrected chi connectivity index (χ4v) is 4.12. The summed E-state index contributed by atoms with van der Waals surface area (Å²) in [7, 11) is -1.17. The normalized spacial score (nSPS) is 11.1. The van der Waals surface area contributed by atoms with Gasteiger partial charge in [-0.15, -0.1) is 11.3 Å². The molecule has 0 bridgehead atoms. The van der Waals surface area contributed by atoms with E-state index >= 15 is 0 Å². The SMILES string of the molecule is COc1ccccc1-c1nc(COC(=O)c2ccc(OC)c(S(N)(=O)=O)c2)cs1. The number of thiazole rings is 1. The van der Waals surface area contributed by atoms with E-state index in [2.05, 4.69) is 4.98 Å². The molecule has 0 unspecified atom stereocenters. The van der Waals surface area contributed by atoms with Gasteiger partial charge in [-0.3, -0.25) is 0 Å². The average Bonchev–Trinajstić information content (AvgIpc) is 3.19. The highest BCUT2D eigenvalue weighted by Crippen LogP contribution is 2.32. The molecule has 0 aliphatic carbocycles. The van der Waals surface area contributed by atoms with Crippen molar-refractivity contribution in [3.05, 3.63) is 59.1 Å². The number of hydrogen-bond acceptors (Lipinski definition) is 8. The third-order valence-corrected chi connectivity index (χ3v) is 5.80. The number of nitrogens with zero attached hydrogens (tertiary/aromatic N) is 1. The van der Waals surface area contributed by atoms with Crippen LogP contribution in [0.15, 0.2) is 52.7 Å². The summed E-state index contributed by atoms with van der Waals surface area (Å²) in [5.41, 5.74) is 1.44. The zero-order chi connectivity index (χ0) is 21.0. The summed E-state index contributed by atoms with van der Waals surface area (Å²) in [6.45, 7) is -0.0682. The standard InChI is InChI=1S/C19H18N2O6S2/c1-25-15-6-4-3-5-14(15)18-21-13(11-28-18)10-27-19(22)12-7-8-16(26-2)17(9-12)29(20,23)24/h3-9,11H,10H2,1-2H3,(H2,20,23,24). The molecule has 29 heavy (non-hydrogen) atoms. The number of sulfonamides is 1. The van der Waals surface area contributed by atoms with Gasteiger partial charge in [-0.25, -0.2) is 23.3 Å². The van der Waals surface area contributed by atoms with E-state index in [1.54, 1.807) is 12.5 Å². The van der Waals surface area contributed by atoms with Gasteiger partial charge >= 0.3 is 5.97 Å². The first-order chi connectivity index (χ1) is 13.8. The molecule has 2 N–H and O–H groups in total. The molecule has 0 aliphatic rings. The second-order valence-corrected chi connectivity index (χ2v) is 8.22. The van der Waals surface area contributed by atoms with Crippen molar-refractivity contribution in [2.75, 3.05) is 14.2 Å². The highest BCUT2D eigenvalue weighted by molar-refractivity contribution is 7.89. The zero-order valence-corrected chi connectivity index (χ0v) is 17.2.